The van der Waals surface area contributed by atoms with Crippen LogP contribution in [0.2, 0.25) is 0 Å². The van der Waals surface area contributed by atoms with Crippen LogP contribution in [-0.4, -0.2) is 55.3 Å². The molecule has 12 nitrogen and oxygen atoms in total. The van der Waals surface area contributed by atoms with Gasteiger partial charge in [-0.05, 0) is 48.5 Å². The van der Waals surface area contributed by atoms with E-state index in [0.29, 0.717) is 0 Å². The largest absolute Gasteiger partial charge is 0.383 e. The van der Waals surface area contributed by atoms with Crippen molar-refractivity contribution in [2.24, 2.45) is 0 Å². The van der Waals surface area contributed by atoms with E-state index in [9.17, 15) is 33.7 Å². The highest BCUT2D eigenvalue weighted by Gasteiger charge is 2.11. The first-order valence-electron chi connectivity index (χ1n) is 8.72. The lowest BCUT2D eigenvalue weighted by atomic mass is 10.3. The molecule has 188 valence electrons. The zero-order valence-electron chi connectivity index (χ0n) is 17.9. The summed E-state index contributed by atoms with van der Waals surface area (Å²) in [6, 6.07) is 8.67. The Balaban J connectivity index is 0.000000555. The molecule has 0 saturated heterocycles. The van der Waals surface area contributed by atoms with Gasteiger partial charge in [-0.25, -0.2) is 0 Å². The van der Waals surface area contributed by atoms with E-state index >= 15 is 0 Å². The van der Waals surface area contributed by atoms with Gasteiger partial charge in [0.05, 0.1) is 22.3 Å². The predicted octanol–water partition coefficient (Wildman–Crippen LogP) is 1.96. The molecule has 33 heavy (non-hydrogen) atoms. The summed E-state index contributed by atoms with van der Waals surface area (Å²) in [4.78, 5) is -0.660. The number of benzene rings is 2. The van der Waals surface area contributed by atoms with Gasteiger partial charge in [-0.2, -0.15) is 33.7 Å². The summed E-state index contributed by atoms with van der Waals surface area (Å²) >= 11 is 0. The Labute approximate surface area is 193 Å². The molecule has 0 amide bonds. The molecule has 0 unspecified atom stereocenters. The second-order valence-electron chi connectivity index (χ2n) is 6.17. The van der Waals surface area contributed by atoms with Crippen molar-refractivity contribution in [2.75, 3.05) is 12.5 Å². The zero-order valence-corrected chi connectivity index (χ0v) is 21.2. The molecule has 0 atom stereocenters. The molecule has 2 aromatic carbocycles. The second kappa shape index (κ2) is 12.3. The van der Waals surface area contributed by atoms with Gasteiger partial charge in [0.2, 0.25) is 0 Å². The summed E-state index contributed by atoms with van der Waals surface area (Å²) in [7, 11) is -15.8. The van der Waals surface area contributed by atoms with Crippen LogP contribution in [0.5, 0.6) is 11.5 Å². The van der Waals surface area contributed by atoms with Crippen LogP contribution in [0.15, 0.2) is 58.3 Å². The third kappa shape index (κ3) is 14.5. The van der Waals surface area contributed by atoms with Crippen LogP contribution in [0.25, 0.3) is 0 Å². The molecule has 16 heteroatoms. The van der Waals surface area contributed by atoms with E-state index in [4.69, 9.17) is 9.11 Å². The van der Waals surface area contributed by atoms with Crippen molar-refractivity contribution in [1.29, 1.82) is 0 Å². The first-order chi connectivity index (χ1) is 14.8. The number of hydrogen-bond donors (Lipinski definition) is 2. The number of rotatable bonds is 6. The molecule has 0 bridgehead atoms. The van der Waals surface area contributed by atoms with Crippen LogP contribution < -0.4 is 8.37 Å². The monoisotopic (exact) mass is 548 g/mol. The molecule has 0 aliphatic carbocycles. The lowest BCUT2D eigenvalue weighted by Gasteiger charge is -2.02. The first-order valence-corrected chi connectivity index (χ1v) is 15.2. The van der Waals surface area contributed by atoms with E-state index in [-0.39, 0.29) is 21.3 Å². The summed E-state index contributed by atoms with van der Waals surface area (Å²) < 4.78 is 111. The van der Waals surface area contributed by atoms with Gasteiger partial charge in [-0.1, -0.05) is 20.3 Å². The van der Waals surface area contributed by atoms with E-state index in [1.807, 2.05) is 0 Å². The maximum absolute atomic E-state index is 10.7. The van der Waals surface area contributed by atoms with Crippen molar-refractivity contribution >= 4 is 40.5 Å². The Hall–Kier alpha value is -2.24. The molecule has 2 aromatic rings. The SMILES string of the molecule is CCC.CS(=O)(=O)Oc1ccc(S(=O)(=O)O)cc1.CS(=O)(=O)Oc1ccc(S(=O)(=O)O)cc1. The van der Waals surface area contributed by atoms with Crippen LogP contribution in [0.3, 0.4) is 0 Å². The minimum atomic E-state index is -4.27. The van der Waals surface area contributed by atoms with E-state index < -0.39 is 40.5 Å². The molecule has 0 heterocycles. The molecule has 0 fully saturated rings. The van der Waals surface area contributed by atoms with Crippen molar-refractivity contribution < 1.29 is 51.1 Å². The Morgan fingerprint density at radius 2 is 0.788 bits per heavy atom. The highest BCUT2D eigenvalue weighted by molar-refractivity contribution is 7.86. The highest BCUT2D eigenvalue weighted by Crippen LogP contribution is 2.17. The van der Waals surface area contributed by atoms with Gasteiger partial charge in [0.15, 0.2) is 0 Å². The zero-order chi connectivity index (χ0) is 26.1. The molecule has 0 aromatic heterocycles. The minimum Gasteiger partial charge on any atom is -0.383 e. The van der Waals surface area contributed by atoms with Crippen LogP contribution in [0.4, 0.5) is 0 Å². The van der Waals surface area contributed by atoms with Gasteiger partial charge in [-0.15, -0.1) is 0 Å². The normalized spacial score (nSPS) is 11.8. The fourth-order valence-electron chi connectivity index (χ4n) is 1.68. The smallest absolute Gasteiger partial charge is 0.306 e. The molecule has 0 aliphatic heterocycles. The Kier molecular flexibility index (Phi) is 11.5. The Morgan fingerprint density at radius 3 is 0.939 bits per heavy atom. The van der Waals surface area contributed by atoms with E-state index in [2.05, 4.69) is 22.2 Å². The van der Waals surface area contributed by atoms with Crippen molar-refractivity contribution in [3.8, 4) is 11.5 Å². The molecule has 0 aliphatic rings. The first kappa shape index (κ1) is 30.8. The molecule has 0 saturated carbocycles. The lowest BCUT2D eigenvalue weighted by Crippen LogP contribution is -2.06. The topological polar surface area (TPSA) is 195 Å². The molecule has 2 N–H and O–H groups in total. The third-order valence-electron chi connectivity index (χ3n) is 2.74. The van der Waals surface area contributed by atoms with E-state index in [1.54, 1.807) is 0 Å². The average molecular weight is 549 g/mol. The van der Waals surface area contributed by atoms with Crippen LogP contribution >= 0.6 is 0 Å². The molecular formula is C17H24O12S4. The average Bonchev–Trinajstić information content (AvgIpc) is 2.59. The maximum Gasteiger partial charge on any atom is 0.306 e. The third-order valence-corrected chi connectivity index (χ3v) is 5.46. The fraction of sp³-hybridized carbons (Fsp3) is 0.294. The van der Waals surface area contributed by atoms with Crippen molar-refractivity contribution in [3.05, 3.63) is 48.5 Å². The molecule has 0 radical (unpaired) electrons. The van der Waals surface area contributed by atoms with Crippen molar-refractivity contribution in [2.45, 2.75) is 30.1 Å². The predicted molar refractivity (Wildman–Crippen MR) is 119 cm³/mol. The van der Waals surface area contributed by atoms with Crippen LogP contribution in [0, 0.1) is 0 Å². The molecular weight excluding hydrogens is 524 g/mol. The standard InChI is InChI=1S/2C7H8O6S2.C3H8/c2*1-14(8,9)13-6-2-4-7(5-3-6)15(10,11)12;1-3-2/h2*2-5H,1H3,(H,10,11,12);3H2,1-2H3. The van der Waals surface area contributed by atoms with Gasteiger partial charge < -0.3 is 8.37 Å². The summed E-state index contributed by atoms with van der Waals surface area (Å²) in [6.07, 6.45) is 2.98. The van der Waals surface area contributed by atoms with Crippen LogP contribution in [-0.2, 0) is 40.5 Å². The van der Waals surface area contributed by atoms with Gasteiger partial charge in [0, 0.05) is 0 Å². The van der Waals surface area contributed by atoms with Crippen molar-refractivity contribution in [1.82, 2.24) is 0 Å². The highest BCUT2D eigenvalue weighted by atomic mass is 32.2. The summed E-state index contributed by atoms with van der Waals surface area (Å²) in [5, 5.41) is 0. The van der Waals surface area contributed by atoms with Gasteiger partial charge >= 0.3 is 20.2 Å². The van der Waals surface area contributed by atoms with Gasteiger partial charge in [0.25, 0.3) is 20.2 Å². The van der Waals surface area contributed by atoms with Crippen molar-refractivity contribution in [3.63, 3.8) is 0 Å². The summed E-state index contributed by atoms with van der Waals surface area (Å²) in [5.41, 5.74) is 0. The van der Waals surface area contributed by atoms with Gasteiger partial charge in [0.1, 0.15) is 11.5 Å². The lowest BCUT2D eigenvalue weighted by molar-refractivity contribution is 0.479. The Morgan fingerprint density at radius 1 is 0.576 bits per heavy atom. The molecule has 2 rings (SSSR count). The minimum absolute atomic E-state index is 0.0232. The van der Waals surface area contributed by atoms with E-state index in [1.165, 1.54) is 6.42 Å². The fourth-order valence-corrected chi connectivity index (χ4v) is 3.57. The second-order valence-corrected chi connectivity index (χ2v) is 12.2. The van der Waals surface area contributed by atoms with Crippen LogP contribution in [0.1, 0.15) is 20.3 Å². The van der Waals surface area contributed by atoms with Gasteiger partial charge in [-0.3, -0.25) is 9.11 Å². The maximum atomic E-state index is 10.7. The number of hydrogen-bond acceptors (Lipinski definition) is 10. The molecule has 0 spiro atoms. The quantitative estimate of drug-likeness (QED) is 0.394. The summed E-state index contributed by atoms with van der Waals surface area (Å²) in [6.45, 7) is 4.25. The summed E-state index contributed by atoms with van der Waals surface area (Å²) in [5.74, 6) is -0.0465. The van der Waals surface area contributed by atoms with E-state index in [0.717, 1.165) is 61.0 Å². The Bertz CT molecular complexity index is 1200.